The van der Waals surface area contributed by atoms with Crippen molar-refractivity contribution < 1.29 is 9.59 Å². The van der Waals surface area contributed by atoms with Crippen molar-refractivity contribution in [3.05, 3.63) is 29.8 Å². The fraction of sp³-hybridized carbons (Fsp3) is 0.500. The van der Waals surface area contributed by atoms with E-state index >= 15 is 0 Å². The summed E-state index contributed by atoms with van der Waals surface area (Å²) in [5, 5.41) is 3.11. The van der Waals surface area contributed by atoms with E-state index in [0.29, 0.717) is 17.7 Å². The van der Waals surface area contributed by atoms with Crippen molar-refractivity contribution in [1.82, 2.24) is 10.2 Å². The number of thioether (sulfide) groups is 1. The highest BCUT2D eigenvalue weighted by atomic mass is 32.2. The average Bonchev–Trinajstić information content (AvgIpc) is 3.22. The third kappa shape index (κ3) is 2.44. The summed E-state index contributed by atoms with van der Waals surface area (Å²) in [7, 11) is 0. The average molecular weight is 302 g/mol. The number of nitrogens with one attached hydrogen (secondary N) is 1. The predicted octanol–water partition coefficient (Wildman–Crippen LogP) is 1.44. The van der Waals surface area contributed by atoms with Crippen LogP contribution in [-0.4, -0.2) is 41.1 Å². The van der Waals surface area contributed by atoms with Crippen LogP contribution in [0.1, 0.15) is 18.4 Å². The maximum absolute atomic E-state index is 12.2. The normalized spacial score (nSPS) is 28.5. The third-order valence-electron chi connectivity index (χ3n) is 4.52. The van der Waals surface area contributed by atoms with Gasteiger partial charge in [0.15, 0.2) is 0 Å². The summed E-state index contributed by atoms with van der Waals surface area (Å²) in [6.07, 6.45) is 3.13. The van der Waals surface area contributed by atoms with Gasteiger partial charge in [0.25, 0.3) is 0 Å². The second kappa shape index (κ2) is 5.05. The van der Waals surface area contributed by atoms with Crippen LogP contribution in [-0.2, 0) is 16.0 Å². The lowest BCUT2D eigenvalue weighted by Crippen LogP contribution is -2.60. The molecule has 2 fully saturated rings. The van der Waals surface area contributed by atoms with E-state index in [4.69, 9.17) is 0 Å². The van der Waals surface area contributed by atoms with Crippen LogP contribution in [0.15, 0.2) is 29.2 Å². The Hall–Kier alpha value is -1.49. The van der Waals surface area contributed by atoms with E-state index in [1.807, 2.05) is 16.7 Å². The van der Waals surface area contributed by atoms with Crippen LogP contribution in [0.2, 0.25) is 0 Å². The molecule has 1 aromatic carbocycles. The molecule has 1 N–H and O–H groups in total. The van der Waals surface area contributed by atoms with Crippen LogP contribution in [0.5, 0.6) is 0 Å². The van der Waals surface area contributed by atoms with Gasteiger partial charge in [-0.1, -0.05) is 18.2 Å². The highest BCUT2D eigenvalue weighted by Crippen LogP contribution is 2.40. The van der Waals surface area contributed by atoms with Crippen molar-refractivity contribution in [3.8, 4) is 0 Å². The molecule has 0 radical (unpaired) electrons. The minimum absolute atomic E-state index is 0.0395. The lowest BCUT2D eigenvalue weighted by atomic mass is 10.0. The van der Waals surface area contributed by atoms with Crippen molar-refractivity contribution in [1.29, 1.82) is 0 Å². The van der Waals surface area contributed by atoms with Crippen molar-refractivity contribution in [2.75, 3.05) is 13.1 Å². The molecule has 1 saturated carbocycles. The van der Waals surface area contributed by atoms with Crippen LogP contribution in [0.4, 0.5) is 0 Å². The number of fused-ring (bicyclic) bond motifs is 1. The van der Waals surface area contributed by atoms with E-state index in [2.05, 4.69) is 29.6 Å². The van der Waals surface area contributed by atoms with Crippen molar-refractivity contribution in [2.45, 2.75) is 35.4 Å². The number of carbonyl (C=O) groups excluding carboxylic acids is 2. The summed E-state index contributed by atoms with van der Waals surface area (Å²) in [6, 6.07) is 8.19. The summed E-state index contributed by atoms with van der Waals surface area (Å²) >= 11 is 1.84. The first-order valence-corrected chi connectivity index (χ1v) is 8.42. The number of rotatable bonds is 3. The van der Waals surface area contributed by atoms with Gasteiger partial charge in [-0.3, -0.25) is 9.59 Å². The molecule has 1 aromatic rings. The van der Waals surface area contributed by atoms with Gasteiger partial charge in [0.2, 0.25) is 11.8 Å². The number of piperazine rings is 1. The van der Waals surface area contributed by atoms with E-state index in [0.717, 1.165) is 19.3 Å². The van der Waals surface area contributed by atoms with Crippen molar-refractivity contribution >= 4 is 23.6 Å². The lowest BCUT2D eigenvalue weighted by Gasteiger charge is -2.36. The van der Waals surface area contributed by atoms with Gasteiger partial charge in [-0.2, -0.15) is 0 Å². The van der Waals surface area contributed by atoms with Gasteiger partial charge in [-0.25, -0.2) is 0 Å². The minimum atomic E-state index is -0.226. The molecular weight excluding hydrogens is 284 g/mol. The zero-order chi connectivity index (χ0) is 14.4. The SMILES string of the molecule is O=C1NCC(=O)N(CC2Cc3ccccc3S2)C1C1CC1. The number of benzene rings is 1. The smallest absolute Gasteiger partial charge is 0.243 e. The molecule has 3 aliphatic rings. The molecule has 2 atom stereocenters. The van der Waals surface area contributed by atoms with Crippen molar-refractivity contribution in [2.24, 2.45) is 5.92 Å². The molecule has 2 unspecified atom stereocenters. The van der Waals surface area contributed by atoms with Gasteiger partial charge in [-0.05, 0) is 36.8 Å². The molecule has 2 aliphatic heterocycles. The summed E-state index contributed by atoms with van der Waals surface area (Å²) < 4.78 is 0. The van der Waals surface area contributed by atoms with Crippen LogP contribution in [0.25, 0.3) is 0 Å². The number of nitrogens with zero attached hydrogens (tertiary/aromatic N) is 1. The summed E-state index contributed by atoms with van der Waals surface area (Å²) in [5.74, 6) is 0.490. The van der Waals surface area contributed by atoms with Crippen LogP contribution in [0, 0.1) is 5.92 Å². The molecule has 1 aliphatic carbocycles. The molecule has 5 heteroatoms. The molecule has 1 saturated heterocycles. The number of hydrogen-bond donors (Lipinski definition) is 1. The first kappa shape index (κ1) is 13.2. The van der Waals surface area contributed by atoms with E-state index in [9.17, 15) is 9.59 Å². The Morgan fingerprint density at radius 2 is 2.05 bits per heavy atom. The van der Waals surface area contributed by atoms with E-state index in [1.54, 1.807) is 0 Å². The molecule has 2 heterocycles. The quantitative estimate of drug-likeness (QED) is 0.919. The Labute approximate surface area is 128 Å². The van der Waals surface area contributed by atoms with E-state index in [1.165, 1.54) is 10.5 Å². The fourth-order valence-corrected chi connectivity index (χ4v) is 4.65. The van der Waals surface area contributed by atoms with Gasteiger partial charge in [0.1, 0.15) is 6.04 Å². The monoisotopic (exact) mass is 302 g/mol. The zero-order valence-corrected chi connectivity index (χ0v) is 12.6. The molecular formula is C16H18N2O2S. The van der Waals surface area contributed by atoms with E-state index < -0.39 is 0 Å². The van der Waals surface area contributed by atoms with Crippen LogP contribution >= 0.6 is 11.8 Å². The Morgan fingerprint density at radius 3 is 2.81 bits per heavy atom. The van der Waals surface area contributed by atoms with Gasteiger partial charge in [0, 0.05) is 16.7 Å². The summed E-state index contributed by atoms with van der Waals surface area (Å²) in [5.41, 5.74) is 1.37. The largest absolute Gasteiger partial charge is 0.345 e. The molecule has 4 rings (SSSR count). The number of amides is 2. The maximum Gasteiger partial charge on any atom is 0.243 e. The fourth-order valence-electron chi connectivity index (χ4n) is 3.34. The standard InChI is InChI=1S/C16H18N2O2S/c19-14-8-17-16(20)15(10-5-6-10)18(14)9-12-7-11-3-1-2-4-13(11)21-12/h1-4,10,12,15H,5-9H2,(H,17,20). The Morgan fingerprint density at radius 1 is 1.24 bits per heavy atom. The first-order valence-electron chi connectivity index (χ1n) is 7.54. The Bertz CT molecular complexity index is 575. The highest BCUT2D eigenvalue weighted by Gasteiger charge is 2.45. The highest BCUT2D eigenvalue weighted by molar-refractivity contribution is 8.00. The van der Waals surface area contributed by atoms with Crippen LogP contribution in [0.3, 0.4) is 0 Å². The summed E-state index contributed by atoms with van der Waals surface area (Å²) in [4.78, 5) is 27.5. The maximum atomic E-state index is 12.2. The number of hydrogen-bond acceptors (Lipinski definition) is 3. The zero-order valence-electron chi connectivity index (χ0n) is 11.7. The Kier molecular flexibility index (Phi) is 3.17. The van der Waals surface area contributed by atoms with Crippen molar-refractivity contribution in [3.63, 3.8) is 0 Å². The van der Waals surface area contributed by atoms with Crippen LogP contribution < -0.4 is 5.32 Å². The molecule has 110 valence electrons. The molecule has 21 heavy (non-hydrogen) atoms. The minimum Gasteiger partial charge on any atom is -0.345 e. The molecule has 2 amide bonds. The van der Waals surface area contributed by atoms with Gasteiger partial charge in [0.05, 0.1) is 6.54 Å². The lowest BCUT2D eigenvalue weighted by molar-refractivity contribution is -0.146. The second-order valence-electron chi connectivity index (χ2n) is 6.10. The van der Waals surface area contributed by atoms with E-state index in [-0.39, 0.29) is 24.4 Å². The topological polar surface area (TPSA) is 49.4 Å². The van der Waals surface area contributed by atoms with Gasteiger partial charge in [-0.15, -0.1) is 11.8 Å². The third-order valence-corrected chi connectivity index (χ3v) is 5.82. The van der Waals surface area contributed by atoms with Gasteiger partial charge >= 0.3 is 0 Å². The number of carbonyl (C=O) groups is 2. The second-order valence-corrected chi connectivity index (χ2v) is 7.44. The molecule has 0 aromatic heterocycles. The van der Waals surface area contributed by atoms with Gasteiger partial charge < -0.3 is 10.2 Å². The predicted molar refractivity (Wildman–Crippen MR) is 81.0 cm³/mol. The Balaban J connectivity index is 1.50. The molecule has 0 spiro atoms. The molecule has 4 nitrogen and oxygen atoms in total. The summed E-state index contributed by atoms with van der Waals surface area (Å²) in [6.45, 7) is 0.846. The first-order chi connectivity index (χ1) is 10.2. The molecule has 0 bridgehead atoms.